The zero-order valence-electron chi connectivity index (χ0n) is 9.30. The Bertz CT molecular complexity index is 344. The molecule has 0 aliphatic carbocycles. The van der Waals surface area contributed by atoms with Gasteiger partial charge in [0.2, 0.25) is 0 Å². The maximum absolute atomic E-state index is 9.25. The summed E-state index contributed by atoms with van der Waals surface area (Å²) in [5.41, 5.74) is 7.70. The molecule has 1 atom stereocenters. The largest absolute Gasteiger partial charge is 0.399 e. The highest BCUT2D eigenvalue weighted by Crippen LogP contribution is 2.14. The van der Waals surface area contributed by atoms with Gasteiger partial charge in [-0.2, -0.15) is 0 Å². The Labute approximate surface area is 95.6 Å². The molecule has 1 aromatic rings. The van der Waals surface area contributed by atoms with Gasteiger partial charge in [0.1, 0.15) is 0 Å². The van der Waals surface area contributed by atoms with Crippen LogP contribution in [0.5, 0.6) is 0 Å². The second-order valence-electron chi connectivity index (χ2n) is 4.13. The summed E-state index contributed by atoms with van der Waals surface area (Å²) in [6.45, 7) is 3.17. The van der Waals surface area contributed by atoms with Crippen LogP contribution < -0.4 is 5.73 Å². The summed E-state index contributed by atoms with van der Waals surface area (Å²) >= 11 is 0. The highest BCUT2D eigenvalue weighted by Gasteiger charge is 2.21. The molecule has 1 heterocycles. The predicted octanol–water partition coefficient (Wildman–Crippen LogP) is 0.462. The molecule has 3 N–H and O–H groups in total. The van der Waals surface area contributed by atoms with Crippen molar-refractivity contribution in [3.05, 3.63) is 29.8 Å². The number of nitrogens with zero attached hydrogens (tertiary/aromatic N) is 1. The molecule has 1 unspecified atom stereocenters. The standard InChI is InChI=1S/C12H18N2O2/c13-11-3-1-2-10(6-11)7-14-4-5-16-9-12(14)8-15/h1-3,6,12,15H,4-5,7-9,13H2. The average molecular weight is 222 g/mol. The van der Waals surface area contributed by atoms with E-state index in [9.17, 15) is 5.11 Å². The van der Waals surface area contributed by atoms with Crippen molar-refractivity contribution in [2.75, 3.05) is 32.1 Å². The molecule has 4 nitrogen and oxygen atoms in total. The number of benzene rings is 1. The van der Waals surface area contributed by atoms with E-state index >= 15 is 0 Å². The average Bonchev–Trinajstić information content (AvgIpc) is 2.30. The molecule has 0 aromatic heterocycles. The highest BCUT2D eigenvalue weighted by molar-refractivity contribution is 5.40. The molecule has 0 bridgehead atoms. The summed E-state index contributed by atoms with van der Waals surface area (Å²) in [5.74, 6) is 0. The van der Waals surface area contributed by atoms with Crippen LogP contribution >= 0.6 is 0 Å². The number of aliphatic hydroxyl groups excluding tert-OH is 1. The SMILES string of the molecule is Nc1cccc(CN2CCOCC2CO)c1. The molecular formula is C12H18N2O2. The smallest absolute Gasteiger partial charge is 0.0644 e. The summed E-state index contributed by atoms with van der Waals surface area (Å²) in [6.07, 6.45) is 0. The van der Waals surface area contributed by atoms with Gasteiger partial charge in [-0.1, -0.05) is 12.1 Å². The molecule has 88 valence electrons. The highest BCUT2D eigenvalue weighted by atomic mass is 16.5. The van der Waals surface area contributed by atoms with Gasteiger partial charge in [-0.15, -0.1) is 0 Å². The van der Waals surface area contributed by atoms with Crippen molar-refractivity contribution in [3.63, 3.8) is 0 Å². The third-order valence-corrected chi connectivity index (χ3v) is 2.90. The molecule has 2 rings (SSSR count). The molecule has 4 heteroatoms. The second-order valence-corrected chi connectivity index (χ2v) is 4.13. The number of morpholine rings is 1. The minimum Gasteiger partial charge on any atom is -0.399 e. The topological polar surface area (TPSA) is 58.7 Å². The van der Waals surface area contributed by atoms with Crippen molar-refractivity contribution >= 4 is 5.69 Å². The number of rotatable bonds is 3. The fourth-order valence-corrected chi connectivity index (χ4v) is 1.99. The fraction of sp³-hybridized carbons (Fsp3) is 0.500. The Morgan fingerprint density at radius 2 is 2.38 bits per heavy atom. The van der Waals surface area contributed by atoms with Crippen LogP contribution in [0.15, 0.2) is 24.3 Å². The van der Waals surface area contributed by atoms with E-state index in [1.807, 2.05) is 18.2 Å². The van der Waals surface area contributed by atoms with Crippen LogP contribution in [0.4, 0.5) is 5.69 Å². The van der Waals surface area contributed by atoms with E-state index in [-0.39, 0.29) is 12.6 Å². The number of nitrogens with two attached hydrogens (primary N) is 1. The third-order valence-electron chi connectivity index (χ3n) is 2.90. The maximum Gasteiger partial charge on any atom is 0.0644 e. The molecule has 1 aliphatic heterocycles. The Balaban J connectivity index is 2.02. The molecular weight excluding hydrogens is 204 g/mol. The number of nitrogen functional groups attached to an aromatic ring is 1. The van der Waals surface area contributed by atoms with E-state index in [2.05, 4.69) is 11.0 Å². The maximum atomic E-state index is 9.25. The summed E-state index contributed by atoms with van der Waals surface area (Å²) in [6, 6.07) is 7.98. The number of ether oxygens (including phenoxy) is 1. The Kier molecular flexibility index (Phi) is 3.77. The lowest BCUT2D eigenvalue weighted by Crippen LogP contribution is -2.46. The zero-order chi connectivity index (χ0) is 11.4. The second kappa shape index (κ2) is 5.30. The zero-order valence-corrected chi connectivity index (χ0v) is 9.30. The Morgan fingerprint density at radius 3 is 3.12 bits per heavy atom. The van der Waals surface area contributed by atoms with Gasteiger partial charge < -0.3 is 15.6 Å². The van der Waals surface area contributed by atoms with Crippen LogP contribution in [0.25, 0.3) is 0 Å². The molecule has 0 saturated carbocycles. The summed E-state index contributed by atoms with van der Waals surface area (Å²) in [5, 5.41) is 9.25. The van der Waals surface area contributed by atoms with Gasteiger partial charge in [0, 0.05) is 18.8 Å². The lowest BCUT2D eigenvalue weighted by atomic mass is 10.1. The van der Waals surface area contributed by atoms with Gasteiger partial charge in [0.25, 0.3) is 0 Å². The van der Waals surface area contributed by atoms with Crippen molar-refractivity contribution in [1.29, 1.82) is 0 Å². The molecule has 0 radical (unpaired) electrons. The minimum atomic E-state index is 0.107. The van der Waals surface area contributed by atoms with Crippen LogP contribution in [0.1, 0.15) is 5.56 Å². The van der Waals surface area contributed by atoms with E-state index in [0.29, 0.717) is 6.61 Å². The summed E-state index contributed by atoms with van der Waals surface area (Å²) in [7, 11) is 0. The number of aliphatic hydroxyl groups is 1. The quantitative estimate of drug-likeness (QED) is 0.730. The van der Waals surface area contributed by atoms with Crippen LogP contribution in [-0.2, 0) is 11.3 Å². The molecule has 16 heavy (non-hydrogen) atoms. The third kappa shape index (κ3) is 2.72. The van der Waals surface area contributed by atoms with E-state index in [0.717, 1.165) is 25.4 Å². The van der Waals surface area contributed by atoms with Crippen molar-refractivity contribution in [2.24, 2.45) is 0 Å². The first-order chi connectivity index (χ1) is 7.79. The Hall–Kier alpha value is -1.10. The first kappa shape index (κ1) is 11.4. The lowest BCUT2D eigenvalue weighted by molar-refractivity contribution is -0.0312. The van der Waals surface area contributed by atoms with Crippen LogP contribution in [0, 0.1) is 0 Å². The number of anilines is 1. The fourth-order valence-electron chi connectivity index (χ4n) is 1.99. The van der Waals surface area contributed by atoms with Crippen molar-refractivity contribution in [3.8, 4) is 0 Å². The van der Waals surface area contributed by atoms with E-state index < -0.39 is 0 Å². The summed E-state index contributed by atoms with van der Waals surface area (Å²) in [4.78, 5) is 2.23. The summed E-state index contributed by atoms with van der Waals surface area (Å²) < 4.78 is 5.34. The molecule has 1 fully saturated rings. The molecule has 0 amide bonds. The van der Waals surface area contributed by atoms with Crippen molar-refractivity contribution in [1.82, 2.24) is 4.90 Å². The van der Waals surface area contributed by atoms with Crippen LogP contribution in [0.2, 0.25) is 0 Å². The van der Waals surface area contributed by atoms with Gasteiger partial charge in [-0.25, -0.2) is 0 Å². The normalized spacial score (nSPS) is 22.2. The van der Waals surface area contributed by atoms with E-state index in [1.54, 1.807) is 0 Å². The van der Waals surface area contributed by atoms with Crippen LogP contribution in [-0.4, -0.2) is 42.4 Å². The van der Waals surface area contributed by atoms with E-state index in [1.165, 1.54) is 5.56 Å². The number of hydrogen-bond donors (Lipinski definition) is 2. The molecule has 1 aromatic carbocycles. The van der Waals surface area contributed by atoms with Gasteiger partial charge in [-0.3, -0.25) is 4.90 Å². The Morgan fingerprint density at radius 1 is 1.50 bits per heavy atom. The van der Waals surface area contributed by atoms with Gasteiger partial charge >= 0.3 is 0 Å². The van der Waals surface area contributed by atoms with Crippen LogP contribution in [0.3, 0.4) is 0 Å². The first-order valence-corrected chi connectivity index (χ1v) is 5.56. The van der Waals surface area contributed by atoms with Gasteiger partial charge in [-0.05, 0) is 17.7 Å². The first-order valence-electron chi connectivity index (χ1n) is 5.56. The molecule has 0 spiro atoms. The van der Waals surface area contributed by atoms with Crippen molar-refractivity contribution < 1.29 is 9.84 Å². The molecule has 1 saturated heterocycles. The van der Waals surface area contributed by atoms with Gasteiger partial charge in [0.15, 0.2) is 0 Å². The van der Waals surface area contributed by atoms with Gasteiger partial charge in [0.05, 0.1) is 25.9 Å². The monoisotopic (exact) mass is 222 g/mol. The van der Waals surface area contributed by atoms with Crippen molar-refractivity contribution in [2.45, 2.75) is 12.6 Å². The van der Waals surface area contributed by atoms with E-state index in [4.69, 9.17) is 10.5 Å². The molecule has 1 aliphatic rings. The number of hydrogen-bond acceptors (Lipinski definition) is 4. The lowest BCUT2D eigenvalue weighted by Gasteiger charge is -2.34. The predicted molar refractivity (Wildman–Crippen MR) is 63.0 cm³/mol. The minimum absolute atomic E-state index is 0.107.